The Morgan fingerprint density at radius 2 is 1.50 bits per heavy atom. The molecule has 0 spiro atoms. The zero-order valence-corrected chi connectivity index (χ0v) is 5.15. The molecule has 18 valence electrons. The van der Waals surface area contributed by atoms with Crippen LogP contribution in [0.4, 0.5) is 0 Å². The molecule has 0 unspecified atom stereocenters. The molecule has 0 N–H and O–H groups in total. The minimum Gasteiger partial charge on any atom is -0.362 e. The summed E-state index contributed by atoms with van der Waals surface area (Å²) in [5.74, 6) is 0. The minimum atomic E-state index is 0. The molecule has 0 bridgehead atoms. The van der Waals surface area contributed by atoms with Gasteiger partial charge < -0.3 is 10.2 Å². The molecule has 4 heavy (non-hydrogen) atoms. The van der Waals surface area contributed by atoms with Gasteiger partial charge in [0.15, 0.2) is 0 Å². The van der Waals surface area contributed by atoms with E-state index in [1.165, 1.54) is 6.67 Å². The van der Waals surface area contributed by atoms with Crippen molar-refractivity contribution in [3.05, 3.63) is 6.67 Å². The monoisotopic (exact) mass is 105 g/mol. The van der Waals surface area contributed by atoms with Crippen molar-refractivity contribution in [3.8, 4) is 0 Å². The van der Waals surface area contributed by atoms with Crippen LogP contribution in [-0.2, 0) is 19.5 Å². The molecule has 0 aromatic heterocycles. The second-order valence-electron chi connectivity index (χ2n) is 0.346. The van der Waals surface area contributed by atoms with Crippen LogP contribution in [0.25, 0.3) is 0 Å². The Bertz CT molecular complexity index is 29.0. The summed E-state index contributed by atoms with van der Waals surface area (Å²) in [4.78, 5) is 0. The molecule has 2 nitrogen and oxygen atoms in total. The molecule has 0 fully saturated rings. The quantitative estimate of drug-likeness (QED) is 0.319. The van der Waals surface area contributed by atoms with Crippen molar-refractivity contribution in [1.29, 1.82) is 0 Å². The van der Waals surface area contributed by atoms with Crippen molar-refractivity contribution in [2.24, 2.45) is 10.2 Å². The molecule has 0 aromatic carbocycles. The Kier molecular flexibility index (Phi) is 1.45. The van der Waals surface area contributed by atoms with Crippen LogP contribution < -0.4 is 0 Å². The smallest absolute Gasteiger partial charge is 0 e. The van der Waals surface area contributed by atoms with Crippen molar-refractivity contribution in [3.63, 3.8) is 0 Å². The van der Waals surface area contributed by atoms with Gasteiger partial charge in [0.25, 0.3) is 0 Å². The molecule has 0 amide bonds. The van der Waals surface area contributed by atoms with Crippen molar-refractivity contribution in [2.75, 3.05) is 0 Å². The fourth-order valence-electron chi connectivity index (χ4n) is 0. The van der Waals surface area contributed by atoms with Gasteiger partial charge in [-0.05, 0) is 0 Å². The average Bonchev–Trinajstić information content (AvgIpc) is 1.46. The Balaban J connectivity index is 0.0000000900. The van der Waals surface area contributed by atoms with E-state index in [1.807, 2.05) is 0 Å². The van der Waals surface area contributed by atoms with Gasteiger partial charge in [-0.25, -0.2) is 0 Å². The zero-order valence-electron chi connectivity index (χ0n) is 2.18. The van der Waals surface area contributed by atoms with E-state index in [2.05, 4.69) is 10.2 Å². The van der Waals surface area contributed by atoms with Crippen LogP contribution in [0.2, 0.25) is 0 Å². The van der Waals surface area contributed by atoms with Crippen LogP contribution >= 0.6 is 0 Å². The van der Waals surface area contributed by atoms with Crippen LogP contribution in [0.3, 0.4) is 0 Å². The van der Waals surface area contributed by atoms with Gasteiger partial charge in [-0.2, -0.15) is 0 Å². The minimum absolute atomic E-state index is 0. The summed E-state index contributed by atoms with van der Waals surface area (Å²) >= 11 is 0. The van der Waals surface area contributed by atoms with E-state index in [0.717, 1.165) is 0 Å². The molecule has 3 heteroatoms. The standard InChI is InChI=1S/CHN2.Zn/c1-2-3-1;/h1H;/q-1;. The van der Waals surface area contributed by atoms with E-state index in [1.54, 1.807) is 0 Å². The number of nitrogens with zero attached hydrogens (tertiary/aromatic N) is 2. The maximum Gasteiger partial charge on any atom is 0 e. The van der Waals surface area contributed by atoms with Crippen LogP contribution in [-0.4, -0.2) is 0 Å². The SMILES string of the molecule is [CH-]1N=N1.[Zn]. The molecule has 0 aliphatic carbocycles. The first-order valence-electron chi connectivity index (χ1n) is 0.716. The van der Waals surface area contributed by atoms with Crippen molar-refractivity contribution in [1.82, 2.24) is 0 Å². The van der Waals surface area contributed by atoms with E-state index >= 15 is 0 Å². The van der Waals surface area contributed by atoms with Gasteiger partial charge in [-0.15, -0.1) is 6.67 Å². The Labute approximate surface area is 37.1 Å². The number of hydrogen-bond acceptors (Lipinski definition) is 2. The van der Waals surface area contributed by atoms with Crippen molar-refractivity contribution in [2.45, 2.75) is 0 Å². The van der Waals surface area contributed by atoms with E-state index < -0.39 is 0 Å². The topological polar surface area (TPSA) is 24.7 Å². The summed E-state index contributed by atoms with van der Waals surface area (Å²) in [5, 5.41) is 6.50. The summed E-state index contributed by atoms with van der Waals surface area (Å²) in [6.07, 6.45) is 0. The molecule has 0 atom stereocenters. The summed E-state index contributed by atoms with van der Waals surface area (Å²) in [7, 11) is 0. The molecule has 1 heterocycles. The number of hydrogen-bond donors (Lipinski definition) is 0. The van der Waals surface area contributed by atoms with Gasteiger partial charge in [-0.3, -0.25) is 0 Å². The van der Waals surface area contributed by atoms with Crippen molar-refractivity contribution >= 4 is 0 Å². The summed E-state index contributed by atoms with van der Waals surface area (Å²) in [5.41, 5.74) is 0. The normalized spacial score (nSPS) is 12.0. The van der Waals surface area contributed by atoms with Crippen molar-refractivity contribution < 1.29 is 19.5 Å². The molecular formula is CHN2Zn-. The van der Waals surface area contributed by atoms with Crippen LogP contribution in [0.5, 0.6) is 0 Å². The fraction of sp³-hybridized carbons (Fsp3) is 0. The van der Waals surface area contributed by atoms with Crippen LogP contribution in [0.15, 0.2) is 10.2 Å². The number of rotatable bonds is 0. The van der Waals surface area contributed by atoms with Gasteiger partial charge in [0, 0.05) is 19.5 Å². The summed E-state index contributed by atoms with van der Waals surface area (Å²) < 4.78 is 0. The average molecular weight is 106 g/mol. The third kappa shape index (κ3) is 2.09. The second-order valence-corrected chi connectivity index (χ2v) is 0.346. The van der Waals surface area contributed by atoms with E-state index in [0.29, 0.717) is 0 Å². The molecule has 0 saturated heterocycles. The van der Waals surface area contributed by atoms with Gasteiger partial charge in [0.1, 0.15) is 0 Å². The zero-order chi connectivity index (χ0) is 2.12. The van der Waals surface area contributed by atoms with E-state index in [9.17, 15) is 0 Å². The van der Waals surface area contributed by atoms with Gasteiger partial charge in [-0.1, -0.05) is 0 Å². The van der Waals surface area contributed by atoms with Crippen LogP contribution in [0.1, 0.15) is 0 Å². The summed E-state index contributed by atoms with van der Waals surface area (Å²) in [6, 6.07) is 0. The third-order valence-electron chi connectivity index (χ3n) is 0.115. The fourth-order valence-corrected chi connectivity index (χ4v) is 0. The van der Waals surface area contributed by atoms with Gasteiger partial charge >= 0.3 is 0 Å². The Hall–Kier alpha value is 0.0934. The van der Waals surface area contributed by atoms with Gasteiger partial charge in [0.2, 0.25) is 0 Å². The molecular weight excluding hydrogens is 105 g/mol. The molecule has 1 aliphatic rings. The van der Waals surface area contributed by atoms with Crippen LogP contribution in [0, 0.1) is 6.67 Å². The molecule has 1 aliphatic heterocycles. The first-order valence-corrected chi connectivity index (χ1v) is 0.716. The third-order valence-corrected chi connectivity index (χ3v) is 0.115. The molecule has 0 saturated carbocycles. The largest absolute Gasteiger partial charge is 0.362 e. The predicted octanol–water partition coefficient (Wildman–Crippen LogP) is 0.569. The molecule has 0 aromatic rings. The molecule has 0 radical (unpaired) electrons. The predicted molar refractivity (Wildman–Crippen MR) is 9.16 cm³/mol. The Morgan fingerprint density at radius 3 is 1.50 bits per heavy atom. The first-order chi connectivity index (χ1) is 1.50. The second kappa shape index (κ2) is 1.42. The maximum atomic E-state index is 3.25. The van der Waals surface area contributed by atoms with Gasteiger partial charge in [0.05, 0.1) is 0 Å². The van der Waals surface area contributed by atoms with E-state index in [-0.39, 0.29) is 19.5 Å². The Morgan fingerprint density at radius 1 is 1.25 bits per heavy atom. The maximum absolute atomic E-state index is 3.25. The first kappa shape index (κ1) is 4.09. The molecule has 1 rings (SSSR count). The van der Waals surface area contributed by atoms with E-state index in [4.69, 9.17) is 0 Å². The summed E-state index contributed by atoms with van der Waals surface area (Å²) in [6.45, 7) is 1.50.